The van der Waals surface area contributed by atoms with Crippen molar-refractivity contribution in [1.82, 2.24) is 4.90 Å². The van der Waals surface area contributed by atoms with Gasteiger partial charge in [0.05, 0.1) is 12.2 Å². The van der Waals surface area contributed by atoms with E-state index in [0.29, 0.717) is 26.1 Å². The van der Waals surface area contributed by atoms with Crippen LogP contribution in [0.25, 0.3) is 0 Å². The van der Waals surface area contributed by atoms with Crippen molar-refractivity contribution >= 4 is 5.97 Å². The molecular formula is C10H19NO4. The van der Waals surface area contributed by atoms with Crippen molar-refractivity contribution in [2.75, 3.05) is 19.7 Å². The van der Waals surface area contributed by atoms with E-state index in [1.54, 1.807) is 4.90 Å². The summed E-state index contributed by atoms with van der Waals surface area (Å²) in [6, 6.07) is -0.509. The zero-order valence-electron chi connectivity index (χ0n) is 9.22. The van der Waals surface area contributed by atoms with E-state index in [2.05, 4.69) is 0 Å². The number of rotatable bonds is 5. The first-order valence-corrected chi connectivity index (χ1v) is 5.36. The van der Waals surface area contributed by atoms with Crippen molar-refractivity contribution in [2.45, 2.75) is 38.5 Å². The van der Waals surface area contributed by atoms with Gasteiger partial charge in [-0.3, -0.25) is 9.69 Å². The molecule has 1 aliphatic heterocycles. The molecule has 5 heteroatoms. The van der Waals surface area contributed by atoms with Crippen LogP contribution in [0.2, 0.25) is 0 Å². The minimum Gasteiger partial charge on any atom is -0.480 e. The molecule has 1 heterocycles. The van der Waals surface area contributed by atoms with Gasteiger partial charge in [-0.05, 0) is 13.3 Å². The second-order valence-corrected chi connectivity index (χ2v) is 3.78. The monoisotopic (exact) mass is 217 g/mol. The first-order chi connectivity index (χ1) is 7.10. The molecule has 0 amide bonds. The van der Waals surface area contributed by atoms with Gasteiger partial charge in [0.25, 0.3) is 0 Å². The summed E-state index contributed by atoms with van der Waals surface area (Å²) < 4.78 is 5.34. The molecule has 0 spiro atoms. The van der Waals surface area contributed by atoms with Gasteiger partial charge >= 0.3 is 5.97 Å². The van der Waals surface area contributed by atoms with E-state index in [4.69, 9.17) is 9.84 Å². The summed E-state index contributed by atoms with van der Waals surface area (Å²) in [5.41, 5.74) is 0. The van der Waals surface area contributed by atoms with Crippen LogP contribution in [0.3, 0.4) is 0 Å². The average Bonchev–Trinajstić information content (AvgIpc) is 2.49. The number of aliphatic hydroxyl groups is 1. The Morgan fingerprint density at radius 2 is 2.20 bits per heavy atom. The maximum atomic E-state index is 10.9. The zero-order valence-corrected chi connectivity index (χ0v) is 9.22. The molecular weight excluding hydrogens is 198 g/mol. The number of carboxylic acid groups (broad SMARTS) is 1. The maximum Gasteiger partial charge on any atom is 0.320 e. The smallest absolute Gasteiger partial charge is 0.320 e. The van der Waals surface area contributed by atoms with Gasteiger partial charge in [-0.1, -0.05) is 6.92 Å². The summed E-state index contributed by atoms with van der Waals surface area (Å²) in [6.45, 7) is 5.12. The van der Waals surface area contributed by atoms with Gasteiger partial charge < -0.3 is 14.9 Å². The molecule has 15 heavy (non-hydrogen) atoms. The lowest BCUT2D eigenvalue weighted by molar-refractivity contribution is -0.143. The first-order valence-electron chi connectivity index (χ1n) is 5.36. The van der Waals surface area contributed by atoms with Crippen LogP contribution in [0, 0.1) is 0 Å². The van der Waals surface area contributed by atoms with E-state index in [0.717, 1.165) is 0 Å². The first kappa shape index (κ1) is 12.4. The zero-order chi connectivity index (χ0) is 11.4. The molecule has 1 aliphatic rings. The normalized spacial score (nSPS) is 29.3. The third-order valence-electron chi connectivity index (χ3n) is 2.76. The van der Waals surface area contributed by atoms with Crippen molar-refractivity contribution in [2.24, 2.45) is 0 Å². The summed E-state index contributed by atoms with van der Waals surface area (Å²) in [4.78, 5) is 12.7. The molecule has 5 nitrogen and oxygen atoms in total. The molecule has 88 valence electrons. The van der Waals surface area contributed by atoms with Crippen LogP contribution in [-0.2, 0) is 9.53 Å². The summed E-state index contributed by atoms with van der Waals surface area (Å²) in [5.74, 6) is -0.832. The van der Waals surface area contributed by atoms with Crippen LogP contribution in [0.15, 0.2) is 0 Å². The Kier molecular flexibility index (Phi) is 4.50. The molecule has 1 fully saturated rings. The molecule has 0 aromatic rings. The maximum absolute atomic E-state index is 10.9. The Morgan fingerprint density at radius 1 is 1.53 bits per heavy atom. The number of aliphatic hydroxyl groups excluding tert-OH is 1. The highest BCUT2D eigenvalue weighted by Crippen LogP contribution is 2.18. The van der Waals surface area contributed by atoms with Gasteiger partial charge in [0, 0.05) is 19.7 Å². The number of carboxylic acids is 1. The largest absolute Gasteiger partial charge is 0.480 e. The van der Waals surface area contributed by atoms with Crippen LogP contribution >= 0.6 is 0 Å². The number of β-amino-alcohol motifs (C(OH)–C–C–N with tert-alkyl or cyclic N) is 1. The fraction of sp³-hybridized carbons (Fsp3) is 0.900. The number of hydrogen-bond donors (Lipinski definition) is 2. The second kappa shape index (κ2) is 5.44. The van der Waals surface area contributed by atoms with E-state index in [9.17, 15) is 9.90 Å². The van der Waals surface area contributed by atoms with Crippen LogP contribution < -0.4 is 0 Å². The number of ether oxygens (including phenoxy) is 1. The Balaban J connectivity index is 2.55. The number of aliphatic carboxylic acids is 1. The Hall–Kier alpha value is -0.650. The van der Waals surface area contributed by atoms with Gasteiger partial charge in [-0.2, -0.15) is 0 Å². The summed E-state index contributed by atoms with van der Waals surface area (Å²) in [6.07, 6.45) is -0.275. The van der Waals surface area contributed by atoms with Crippen molar-refractivity contribution in [3.8, 4) is 0 Å². The van der Waals surface area contributed by atoms with E-state index in [1.807, 2.05) is 13.8 Å². The lowest BCUT2D eigenvalue weighted by atomic mass is 10.2. The van der Waals surface area contributed by atoms with E-state index in [1.165, 1.54) is 0 Å². The summed E-state index contributed by atoms with van der Waals surface area (Å²) in [5, 5.41) is 18.6. The Bertz CT molecular complexity index is 221. The van der Waals surface area contributed by atoms with E-state index >= 15 is 0 Å². The molecule has 0 aromatic heterocycles. The average molecular weight is 217 g/mol. The van der Waals surface area contributed by atoms with Crippen molar-refractivity contribution in [1.29, 1.82) is 0 Å². The topological polar surface area (TPSA) is 70.0 Å². The minimum absolute atomic E-state index is 0.247. The summed E-state index contributed by atoms with van der Waals surface area (Å²) >= 11 is 0. The minimum atomic E-state index is -0.832. The fourth-order valence-corrected chi connectivity index (χ4v) is 2.01. The lowest BCUT2D eigenvalue weighted by Gasteiger charge is -2.22. The predicted molar refractivity (Wildman–Crippen MR) is 54.7 cm³/mol. The second-order valence-electron chi connectivity index (χ2n) is 3.78. The van der Waals surface area contributed by atoms with Crippen LogP contribution in [0.5, 0.6) is 0 Å². The fourth-order valence-electron chi connectivity index (χ4n) is 2.01. The Labute approximate surface area is 89.6 Å². The van der Waals surface area contributed by atoms with E-state index < -0.39 is 18.1 Å². The molecule has 0 aromatic carbocycles. The number of likely N-dealkylation sites (tertiary alicyclic amines) is 1. The highest BCUT2D eigenvalue weighted by molar-refractivity contribution is 5.73. The number of hydrogen-bond acceptors (Lipinski definition) is 4. The van der Waals surface area contributed by atoms with Crippen molar-refractivity contribution in [3.63, 3.8) is 0 Å². The standard InChI is InChI=1S/C10H19NO4/c1-3-7(10(13)14)11-5-8(12)9(6-11)15-4-2/h7-9,12H,3-6H2,1-2H3,(H,13,14)/t7-,8-,9+/m0/s1. The van der Waals surface area contributed by atoms with Crippen LogP contribution in [0.4, 0.5) is 0 Å². The van der Waals surface area contributed by atoms with Gasteiger partial charge in [-0.25, -0.2) is 0 Å². The molecule has 3 atom stereocenters. The SMILES string of the molecule is CCO[C@@H]1CN([C@@H](CC)C(=O)O)C[C@@H]1O. The molecule has 0 aliphatic carbocycles. The molecule has 0 bridgehead atoms. The predicted octanol–water partition coefficient (Wildman–Crippen LogP) is -0.0688. The summed E-state index contributed by atoms with van der Waals surface area (Å²) in [7, 11) is 0. The van der Waals surface area contributed by atoms with Crippen LogP contribution in [0.1, 0.15) is 20.3 Å². The van der Waals surface area contributed by atoms with E-state index in [-0.39, 0.29) is 6.10 Å². The van der Waals surface area contributed by atoms with Gasteiger partial charge in [-0.15, -0.1) is 0 Å². The molecule has 1 rings (SSSR count). The molecule has 0 unspecified atom stereocenters. The van der Waals surface area contributed by atoms with Gasteiger partial charge in [0.1, 0.15) is 6.04 Å². The number of nitrogens with zero attached hydrogens (tertiary/aromatic N) is 1. The quantitative estimate of drug-likeness (QED) is 0.674. The van der Waals surface area contributed by atoms with Gasteiger partial charge in [0.15, 0.2) is 0 Å². The molecule has 1 saturated heterocycles. The molecule has 2 N–H and O–H groups in total. The van der Waals surface area contributed by atoms with Crippen molar-refractivity contribution < 1.29 is 19.7 Å². The third kappa shape index (κ3) is 2.90. The molecule has 0 saturated carbocycles. The lowest BCUT2D eigenvalue weighted by Crippen LogP contribution is -2.40. The third-order valence-corrected chi connectivity index (χ3v) is 2.76. The highest BCUT2D eigenvalue weighted by atomic mass is 16.5. The highest BCUT2D eigenvalue weighted by Gasteiger charge is 2.37. The van der Waals surface area contributed by atoms with Crippen molar-refractivity contribution in [3.05, 3.63) is 0 Å². The van der Waals surface area contributed by atoms with Crippen LogP contribution in [-0.4, -0.2) is 59.0 Å². The van der Waals surface area contributed by atoms with Gasteiger partial charge in [0.2, 0.25) is 0 Å². The molecule has 0 radical (unpaired) electrons. The number of carbonyl (C=O) groups is 1. The Morgan fingerprint density at radius 3 is 2.67 bits per heavy atom.